The molecule has 8 nitrogen and oxygen atoms in total. The van der Waals surface area contributed by atoms with Gasteiger partial charge in [0.2, 0.25) is 0 Å². The summed E-state index contributed by atoms with van der Waals surface area (Å²) in [6, 6.07) is 55.9. The predicted molar refractivity (Wildman–Crippen MR) is 237 cm³/mol. The van der Waals surface area contributed by atoms with E-state index in [-0.39, 0.29) is 30.9 Å². The third-order valence-electron chi connectivity index (χ3n) is 10.4. The number of fused-ring (bicyclic) bond motifs is 4. The molecule has 2 aliphatic heterocycles. The number of para-hydroxylation sites is 6. The summed E-state index contributed by atoms with van der Waals surface area (Å²) >= 11 is 0. The van der Waals surface area contributed by atoms with Crippen LogP contribution in [0.25, 0.3) is 22.1 Å². The smallest absolute Gasteiger partial charge is 0.146 e. The summed E-state index contributed by atoms with van der Waals surface area (Å²) in [6.45, 7) is 17.4. The van der Waals surface area contributed by atoms with E-state index < -0.39 is 0 Å². The average molecular weight is 949 g/mol. The van der Waals surface area contributed by atoms with Crippen molar-refractivity contribution in [2.75, 3.05) is 19.6 Å². The predicted octanol–water partition coefficient (Wildman–Crippen LogP) is 12.3. The molecule has 0 atom stereocenters. The second-order valence-electron chi connectivity index (χ2n) is 16.5. The molecule has 8 aromatic rings. The fourth-order valence-corrected chi connectivity index (χ4v) is 7.07. The maximum Gasteiger partial charge on any atom is 0.146 e. The van der Waals surface area contributed by atoms with Gasteiger partial charge in [0, 0.05) is 31.5 Å². The van der Waals surface area contributed by atoms with Crippen LogP contribution in [0.4, 0.5) is 46.0 Å². The largest absolute Gasteiger partial charge is 0.477 e. The molecule has 0 saturated heterocycles. The first-order valence-electron chi connectivity index (χ1n) is 19.6. The molecule has 0 amide bonds. The molecule has 297 valence electrons. The SMILES string of the molecule is CC(C)(C)c1c[c-]c(N2[CH-]N(c3ccc(C(C)(C)C)cc3)c3nc4ccccc4nc32)cc1.[Ir].[c-]1ccccc1N1[CH-]N(c2ccccc2)c2nc3ccccc3nc21. The van der Waals surface area contributed by atoms with Crippen LogP contribution in [0.2, 0.25) is 0 Å². The van der Waals surface area contributed by atoms with Crippen molar-refractivity contribution in [3.8, 4) is 0 Å². The van der Waals surface area contributed by atoms with Gasteiger partial charge in [0.1, 0.15) is 23.3 Å². The van der Waals surface area contributed by atoms with Gasteiger partial charge in [0.25, 0.3) is 0 Å². The molecule has 0 unspecified atom stereocenters. The van der Waals surface area contributed by atoms with E-state index in [9.17, 15) is 0 Å². The summed E-state index contributed by atoms with van der Waals surface area (Å²) in [5.74, 6) is 3.27. The number of aromatic nitrogens is 4. The summed E-state index contributed by atoms with van der Waals surface area (Å²) < 4.78 is 0. The Labute approximate surface area is 360 Å². The summed E-state index contributed by atoms with van der Waals surface area (Å²) in [5.41, 5.74) is 10.3. The van der Waals surface area contributed by atoms with Gasteiger partial charge >= 0.3 is 0 Å². The number of nitrogens with zero attached hydrogens (tertiary/aromatic N) is 8. The molecule has 59 heavy (non-hydrogen) atoms. The molecule has 0 spiro atoms. The molecule has 9 heteroatoms. The molecular weight excluding hydrogens is 905 g/mol. The standard InChI is InChI=1S/C29H30N4.C21H14N4.Ir/c1-28(2,3)20-11-15-22(16-12-20)32-19-33(23-17-13-21(14-18-23)29(4,5)6)27-26(32)30-24-9-7-8-10-25(24)31-27;1-3-9-16(10-4-1)24-15-25(17-11-5-2-6-12-17)21-20(24)22-18-13-7-8-14-19(18)23-21;/h7-17,19H,1-6H3;1-11,13-15H;/q2*-2;. The molecule has 4 heterocycles. The molecular formula is C50H44IrN8-4. The monoisotopic (exact) mass is 949 g/mol. The van der Waals surface area contributed by atoms with Gasteiger partial charge in [-0.3, -0.25) is 0 Å². The average Bonchev–Trinajstić information content (AvgIpc) is 3.80. The van der Waals surface area contributed by atoms with Crippen LogP contribution >= 0.6 is 0 Å². The fourth-order valence-electron chi connectivity index (χ4n) is 7.07. The van der Waals surface area contributed by atoms with E-state index in [0.29, 0.717) is 0 Å². The Kier molecular flexibility index (Phi) is 10.7. The molecule has 0 N–H and O–H groups in total. The van der Waals surface area contributed by atoms with Crippen molar-refractivity contribution in [3.05, 3.63) is 182 Å². The van der Waals surface area contributed by atoms with E-state index in [2.05, 4.69) is 130 Å². The van der Waals surface area contributed by atoms with Crippen molar-refractivity contribution >= 4 is 68.1 Å². The summed E-state index contributed by atoms with van der Waals surface area (Å²) in [4.78, 5) is 28.0. The molecule has 0 saturated carbocycles. The number of rotatable bonds is 4. The van der Waals surface area contributed by atoms with Gasteiger partial charge in [0.05, 0.1) is 22.1 Å². The van der Waals surface area contributed by atoms with Crippen LogP contribution in [0.15, 0.2) is 146 Å². The maximum absolute atomic E-state index is 4.99. The number of benzene rings is 6. The van der Waals surface area contributed by atoms with Crippen molar-refractivity contribution in [1.29, 1.82) is 0 Å². The zero-order valence-electron chi connectivity index (χ0n) is 33.9. The summed E-state index contributed by atoms with van der Waals surface area (Å²) in [5, 5.41) is 0. The van der Waals surface area contributed by atoms with Crippen molar-refractivity contribution in [2.24, 2.45) is 0 Å². The topological polar surface area (TPSA) is 64.5 Å². The zero-order chi connectivity index (χ0) is 40.0. The van der Waals surface area contributed by atoms with Crippen molar-refractivity contribution in [1.82, 2.24) is 19.9 Å². The van der Waals surface area contributed by atoms with Gasteiger partial charge in [-0.2, -0.15) is 54.1 Å². The second-order valence-corrected chi connectivity index (χ2v) is 16.5. The molecule has 2 aromatic heterocycles. The van der Waals surface area contributed by atoms with E-state index in [4.69, 9.17) is 19.9 Å². The molecule has 10 rings (SSSR count). The van der Waals surface area contributed by atoms with Crippen LogP contribution in [-0.4, -0.2) is 19.9 Å². The minimum atomic E-state index is 0. The van der Waals surface area contributed by atoms with Gasteiger partial charge in [-0.1, -0.05) is 102 Å². The van der Waals surface area contributed by atoms with Gasteiger partial charge in [-0.15, -0.1) is 30.8 Å². The molecule has 0 aliphatic carbocycles. The first kappa shape index (κ1) is 39.7. The number of hydrogen-bond donors (Lipinski definition) is 0. The first-order chi connectivity index (χ1) is 28.0. The van der Waals surface area contributed by atoms with Gasteiger partial charge in [-0.05, 0) is 59.5 Å². The molecule has 0 bridgehead atoms. The third kappa shape index (κ3) is 7.88. The Balaban J connectivity index is 0.000000167. The summed E-state index contributed by atoms with van der Waals surface area (Å²) in [7, 11) is 0. The van der Waals surface area contributed by atoms with Gasteiger partial charge in [0.15, 0.2) is 0 Å². The Morgan fingerprint density at radius 1 is 0.407 bits per heavy atom. The number of anilines is 8. The van der Waals surface area contributed by atoms with Gasteiger partial charge < -0.3 is 19.6 Å². The first-order valence-corrected chi connectivity index (χ1v) is 19.6. The van der Waals surface area contributed by atoms with Crippen LogP contribution in [-0.2, 0) is 30.9 Å². The second kappa shape index (κ2) is 15.9. The molecule has 2 aliphatic rings. The Hall–Kier alpha value is -6.15. The normalized spacial score (nSPS) is 13.5. The Morgan fingerprint density at radius 2 is 0.814 bits per heavy atom. The zero-order valence-corrected chi connectivity index (χ0v) is 36.3. The van der Waals surface area contributed by atoms with Crippen LogP contribution in [0.3, 0.4) is 0 Å². The van der Waals surface area contributed by atoms with E-state index in [1.165, 1.54) is 11.1 Å². The van der Waals surface area contributed by atoms with Crippen LogP contribution < -0.4 is 19.6 Å². The maximum atomic E-state index is 4.99. The molecule has 1 radical (unpaired) electrons. The van der Waals surface area contributed by atoms with E-state index in [1.807, 2.05) is 103 Å². The van der Waals surface area contributed by atoms with E-state index >= 15 is 0 Å². The fraction of sp³-hybridized carbons (Fsp3) is 0.160. The minimum absolute atomic E-state index is 0. The Morgan fingerprint density at radius 3 is 1.24 bits per heavy atom. The minimum Gasteiger partial charge on any atom is -0.477 e. The van der Waals surface area contributed by atoms with Crippen molar-refractivity contribution in [3.63, 3.8) is 0 Å². The van der Waals surface area contributed by atoms with Crippen molar-refractivity contribution < 1.29 is 20.1 Å². The van der Waals surface area contributed by atoms with E-state index in [0.717, 1.165) is 68.1 Å². The molecule has 0 fully saturated rings. The van der Waals surface area contributed by atoms with Crippen LogP contribution in [0.1, 0.15) is 52.7 Å². The Bertz CT molecular complexity index is 2520. The third-order valence-corrected chi connectivity index (χ3v) is 10.4. The van der Waals surface area contributed by atoms with E-state index in [1.54, 1.807) is 0 Å². The van der Waals surface area contributed by atoms with Crippen LogP contribution in [0.5, 0.6) is 0 Å². The quantitative estimate of drug-likeness (QED) is 0.162. The summed E-state index contributed by atoms with van der Waals surface area (Å²) in [6.07, 6.45) is 0. The van der Waals surface area contributed by atoms with Crippen LogP contribution in [0, 0.1) is 25.5 Å². The molecule has 6 aromatic carbocycles. The van der Waals surface area contributed by atoms with Gasteiger partial charge in [-0.25, -0.2) is 19.9 Å². The van der Waals surface area contributed by atoms with Crippen molar-refractivity contribution in [2.45, 2.75) is 52.4 Å². The number of hydrogen-bond acceptors (Lipinski definition) is 8.